The maximum Gasteiger partial charge on any atom is 0.291 e. The lowest BCUT2D eigenvalue weighted by Crippen LogP contribution is -2.11. The average Bonchev–Trinajstić information content (AvgIpc) is 3.23. The van der Waals surface area contributed by atoms with Crippen molar-refractivity contribution in [2.75, 3.05) is 12.4 Å². The summed E-state index contributed by atoms with van der Waals surface area (Å²) in [6.45, 7) is 4.25. The summed E-state index contributed by atoms with van der Waals surface area (Å²) in [5, 5.41) is 3.71. The number of carbonyl (C=O) groups is 1. The van der Waals surface area contributed by atoms with Crippen LogP contribution in [0.15, 0.2) is 65.2 Å². The van der Waals surface area contributed by atoms with Crippen molar-refractivity contribution < 1.29 is 18.7 Å². The molecule has 152 valence electrons. The van der Waals surface area contributed by atoms with Gasteiger partial charge in [0.2, 0.25) is 0 Å². The van der Waals surface area contributed by atoms with E-state index in [1.807, 2.05) is 56.3 Å². The van der Waals surface area contributed by atoms with E-state index in [0.717, 1.165) is 33.5 Å². The molecule has 30 heavy (non-hydrogen) atoms. The smallest absolute Gasteiger partial charge is 0.291 e. The zero-order valence-electron chi connectivity index (χ0n) is 17.1. The average molecular weight is 402 g/mol. The fraction of sp³-hybridized carbons (Fsp3) is 0.167. The fourth-order valence-electron chi connectivity index (χ4n) is 3.08. The van der Waals surface area contributed by atoms with E-state index in [9.17, 15) is 4.79 Å². The topological polar surface area (TPSA) is 73.6 Å². The summed E-state index contributed by atoms with van der Waals surface area (Å²) < 4.78 is 16.7. The number of benzene rings is 2. The number of fused-ring (bicyclic) bond motifs is 1. The number of methoxy groups -OCH3 is 1. The van der Waals surface area contributed by atoms with Crippen LogP contribution >= 0.6 is 0 Å². The summed E-state index contributed by atoms with van der Waals surface area (Å²) in [6, 6.07) is 16.9. The van der Waals surface area contributed by atoms with Crippen LogP contribution in [0, 0.1) is 13.8 Å². The minimum Gasteiger partial charge on any atom is -0.497 e. The molecule has 2 heterocycles. The van der Waals surface area contributed by atoms with E-state index in [2.05, 4.69) is 10.3 Å². The van der Waals surface area contributed by atoms with Gasteiger partial charge in [0.15, 0.2) is 5.76 Å². The zero-order valence-corrected chi connectivity index (χ0v) is 17.1. The van der Waals surface area contributed by atoms with E-state index in [1.165, 1.54) is 0 Å². The molecule has 0 atom stereocenters. The van der Waals surface area contributed by atoms with Gasteiger partial charge < -0.3 is 19.2 Å². The van der Waals surface area contributed by atoms with Gasteiger partial charge in [-0.2, -0.15) is 0 Å². The summed E-state index contributed by atoms with van der Waals surface area (Å²) in [5.41, 5.74) is 3.54. The molecule has 0 saturated heterocycles. The molecule has 1 amide bonds. The van der Waals surface area contributed by atoms with Gasteiger partial charge in [0, 0.05) is 11.5 Å². The number of rotatable bonds is 6. The van der Waals surface area contributed by atoms with E-state index in [-0.39, 0.29) is 18.3 Å². The van der Waals surface area contributed by atoms with Gasteiger partial charge in [0.25, 0.3) is 5.91 Å². The summed E-state index contributed by atoms with van der Waals surface area (Å²) in [4.78, 5) is 16.9. The predicted molar refractivity (Wildman–Crippen MR) is 115 cm³/mol. The Morgan fingerprint density at radius 1 is 1.07 bits per heavy atom. The van der Waals surface area contributed by atoms with E-state index in [0.29, 0.717) is 11.4 Å². The maximum absolute atomic E-state index is 12.5. The third kappa shape index (κ3) is 4.27. The van der Waals surface area contributed by atoms with Crippen molar-refractivity contribution in [3.63, 3.8) is 0 Å². The third-order valence-electron chi connectivity index (χ3n) is 4.75. The van der Waals surface area contributed by atoms with Gasteiger partial charge >= 0.3 is 0 Å². The number of hydrogen-bond donors (Lipinski definition) is 1. The van der Waals surface area contributed by atoms with Gasteiger partial charge in [0.05, 0.1) is 24.5 Å². The SMILES string of the molecule is COc1ccc2cc(NC(=O)c3ccc(COc4cc(C)ccc4C)o3)cnc2c1. The molecule has 0 spiro atoms. The Kier molecular flexibility index (Phi) is 5.39. The van der Waals surface area contributed by atoms with Crippen LogP contribution < -0.4 is 14.8 Å². The molecule has 0 aliphatic carbocycles. The number of amides is 1. The largest absolute Gasteiger partial charge is 0.497 e. The quantitative estimate of drug-likeness (QED) is 0.475. The molecule has 0 unspecified atom stereocenters. The molecule has 0 aliphatic heterocycles. The first-order chi connectivity index (χ1) is 14.5. The molecule has 0 fully saturated rings. The highest BCUT2D eigenvalue weighted by Gasteiger charge is 2.13. The van der Waals surface area contributed by atoms with Crippen molar-refractivity contribution in [2.45, 2.75) is 20.5 Å². The fourth-order valence-corrected chi connectivity index (χ4v) is 3.08. The van der Waals surface area contributed by atoms with E-state index >= 15 is 0 Å². The van der Waals surface area contributed by atoms with Crippen molar-refractivity contribution in [3.05, 3.63) is 83.4 Å². The van der Waals surface area contributed by atoms with Crippen LogP contribution in [0.3, 0.4) is 0 Å². The molecule has 0 aliphatic rings. The standard InChI is InChI=1S/C24H22N2O4/c1-15-4-5-16(2)23(10-15)29-14-20-8-9-22(30-20)24(27)26-18-11-17-6-7-19(28-3)12-21(17)25-13-18/h4-13H,14H2,1-3H3,(H,26,27). The predicted octanol–water partition coefficient (Wildman–Crippen LogP) is 5.28. The first-order valence-electron chi connectivity index (χ1n) is 9.56. The Morgan fingerprint density at radius 2 is 1.93 bits per heavy atom. The van der Waals surface area contributed by atoms with Gasteiger partial charge in [-0.25, -0.2) is 0 Å². The lowest BCUT2D eigenvalue weighted by molar-refractivity contribution is 0.0992. The van der Waals surface area contributed by atoms with Crippen LogP contribution in [0.2, 0.25) is 0 Å². The molecule has 2 aromatic heterocycles. The minimum absolute atomic E-state index is 0.212. The number of carbonyl (C=O) groups excluding carboxylic acids is 1. The van der Waals surface area contributed by atoms with Gasteiger partial charge in [-0.05, 0) is 61.4 Å². The highest BCUT2D eigenvalue weighted by Crippen LogP contribution is 2.23. The molecule has 0 radical (unpaired) electrons. The Hall–Kier alpha value is -3.80. The lowest BCUT2D eigenvalue weighted by atomic mass is 10.1. The molecule has 0 saturated carbocycles. The first-order valence-corrected chi connectivity index (χ1v) is 9.56. The van der Waals surface area contributed by atoms with Crippen molar-refractivity contribution in [2.24, 2.45) is 0 Å². The first kappa shape index (κ1) is 19.5. The van der Waals surface area contributed by atoms with E-state index in [4.69, 9.17) is 13.9 Å². The van der Waals surface area contributed by atoms with Crippen molar-refractivity contribution >= 4 is 22.5 Å². The monoisotopic (exact) mass is 402 g/mol. The molecule has 0 bridgehead atoms. The van der Waals surface area contributed by atoms with Crippen molar-refractivity contribution in [1.82, 2.24) is 4.98 Å². The number of ether oxygens (including phenoxy) is 2. The molecule has 4 aromatic rings. The molecule has 6 heteroatoms. The number of nitrogens with zero attached hydrogens (tertiary/aromatic N) is 1. The van der Waals surface area contributed by atoms with Crippen LogP contribution in [0.25, 0.3) is 10.9 Å². The zero-order chi connectivity index (χ0) is 21.1. The van der Waals surface area contributed by atoms with Gasteiger partial charge in [0.1, 0.15) is 23.9 Å². The third-order valence-corrected chi connectivity index (χ3v) is 4.75. The Labute approximate surface area is 174 Å². The molecular weight excluding hydrogens is 380 g/mol. The maximum atomic E-state index is 12.5. The normalized spacial score (nSPS) is 10.8. The number of hydrogen-bond acceptors (Lipinski definition) is 5. The minimum atomic E-state index is -0.345. The number of aromatic nitrogens is 1. The highest BCUT2D eigenvalue weighted by molar-refractivity contribution is 6.03. The molecular formula is C24H22N2O4. The van der Waals surface area contributed by atoms with E-state index in [1.54, 1.807) is 25.4 Å². The van der Waals surface area contributed by atoms with Crippen LogP contribution in [0.4, 0.5) is 5.69 Å². The Balaban J connectivity index is 1.42. The Morgan fingerprint density at radius 3 is 2.77 bits per heavy atom. The van der Waals surface area contributed by atoms with Crippen LogP contribution in [-0.2, 0) is 6.61 Å². The summed E-state index contributed by atoms with van der Waals surface area (Å²) in [5.74, 6) is 1.98. The van der Waals surface area contributed by atoms with Crippen LogP contribution in [-0.4, -0.2) is 18.0 Å². The number of anilines is 1. The van der Waals surface area contributed by atoms with Crippen LogP contribution in [0.1, 0.15) is 27.4 Å². The highest BCUT2D eigenvalue weighted by atomic mass is 16.5. The van der Waals surface area contributed by atoms with Crippen LogP contribution in [0.5, 0.6) is 11.5 Å². The second-order valence-electron chi connectivity index (χ2n) is 7.06. The molecule has 1 N–H and O–H groups in total. The summed E-state index contributed by atoms with van der Waals surface area (Å²) in [6.07, 6.45) is 1.60. The number of pyridine rings is 1. The molecule has 4 rings (SSSR count). The number of nitrogens with one attached hydrogen (secondary N) is 1. The van der Waals surface area contributed by atoms with Crippen molar-refractivity contribution in [1.29, 1.82) is 0 Å². The number of aryl methyl sites for hydroxylation is 2. The summed E-state index contributed by atoms with van der Waals surface area (Å²) >= 11 is 0. The van der Waals surface area contributed by atoms with Gasteiger partial charge in [-0.1, -0.05) is 12.1 Å². The summed E-state index contributed by atoms with van der Waals surface area (Å²) in [7, 11) is 1.61. The number of furan rings is 1. The molecule has 6 nitrogen and oxygen atoms in total. The second kappa shape index (κ2) is 8.29. The van der Waals surface area contributed by atoms with Gasteiger partial charge in [-0.15, -0.1) is 0 Å². The van der Waals surface area contributed by atoms with Crippen molar-refractivity contribution in [3.8, 4) is 11.5 Å². The lowest BCUT2D eigenvalue weighted by Gasteiger charge is -2.08. The second-order valence-corrected chi connectivity index (χ2v) is 7.06. The molecule has 2 aromatic carbocycles. The van der Waals surface area contributed by atoms with Gasteiger partial charge in [-0.3, -0.25) is 9.78 Å². The van der Waals surface area contributed by atoms with E-state index < -0.39 is 0 Å². The Bertz CT molecular complexity index is 1210.